The minimum atomic E-state index is -1.11. The van der Waals surface area contributed by atoms with Gasteiger partial charge in [-0.3, -0.25) is 0 Å². The van der Waals surface area contributed by atoms with Crippen LogP contribution in [0, 0.1) is 0 Å². The molecule has 0 bridgehead atoms. The fourth-order valence-corrected chi connectivity index (χ4v) is 0.856. The molecule has 0 aliphatic carbocycles. The lowest BCUT2D eigenvalue weighted by Crippen LogP contribution is -2.39. The van der Waals surface area contributed by atoms with E-state index >= 15 is 0 Å². The molecule has 0 spiro atoms. The van der Waals surface area contributed by atoms with E-state index in [4.69, 9.17) is 14.6 Å². The Balaban J connectivity index is 4.08. The Morgan fingerprint density at radius 2 is 2.17 bits per heavy atom. The average Bonchev–Trinajstić information content (AvgIpc) is 2.01. The van der Waals surface area contributed by atoms with Crippen molar-refractivity contribution < 1.29 is 19.4 Å². The number of hydrogen-bond donors (Lipinski definition) is 1. The Kier molecular flexibility index (Phi) is 4.85. The maximum absolute atomic E-state index is 10.7. The summed E-state index contributed by atoms with van der Waals surface area (Å²) in [5.41, 5.74) is -1.11. The predicted molar refractivity (Wildman–Crippen MR) is 44.2 cm³/mol. The van der Waals surface area contributed by atoms with Crippen LogP contribution in [0.15, 0.2) is 0 Å². The molecule has 0 radical (unpaired) electrons. The monoisotopic (exact) mass is 176 g/mol. The van der Waals surface area contributed by atoms with Gasteiger partial charge >= 0.3 is 5.97 Å². The summed E-state index contributed by atoms with van der Waals surface area (Å²) < 4.78 is 9.90. The van der Waals surface area contributed by atoms with E-state index in [-0.39, 0.29) is 0 Å². The van der Waals surface area contributed by atoms with Crippen LogP contribution in [0.3, 0.4) is 0 Å². The molecule has 0 heterocycles. The number of ether oxygens (including phenoxy) is 2. The lowest BCUT2D eigenvalue weighted by Gasteiger charge is -2.23. The lowest BCUT2D eigenvalue weighted by atomic mass is 10.0. The van der Waals surface area contributed by atoms with Crippen LogP contribution < -0.4 is 0 Å². The molecule has 1 N–H and O–H groups in total. The second-order valence-electron chi connectivity index (χ2n) is 2.71. The first-order chi connectivity index (χ1) is 5.56. The molecule has 72 valence electrons. The van der Waals surface area contributed by atoms with Crippen LogP contribution >= 0.6 is 0 Å². The van der Waals surface area contributed by atoms with E-state index in [1.165, 1.54) is 7.11 Å². The fraction of sp³-hybridized carbons (Fsp3) is 0.875. The highest BCUT2D eigenvalue weighted by Crippen LogP contribution is 2.15. The molecule has 0 amide bonds. The summed E-state index contributed by atoms with van der Waals surface area (Å²) in [4.78, 5) is 10.7. The third-order valence-corrected chi connectivity index (χ3v) is 1.70. The summed E-state index contributed by atoms with van der Waals surface area (Å²) in [5.74, 6) is -0.943. The van der Waals surface area contributed by atoms with Gasteiger partial charge in [0.25, 0.3) is 0 Å². The van der Waals surface area contributed by atoms with Crippen LogP contribution in [0.5, 0.6) is 0 Å². The van der Waals surface area contributed by atoms with Crippen molar-refractivity contribution in [2.45, 2.75) is 25.9 Å². The second kappa shape index (κ2) is 5.11. The second-order valence-corrected chi connectivity index (χ2v) is 2.71. The maximum atomic E-state index is 10.7. The maximum Gasteiger partial charge on any atom is 0.335 e. The van der Waals surface area contributed by atoms with Gasteiger partial charge in [-0.15, -0.1) is 0 Å². The van der Waals surface area contributed by atoms with Gasteiger partial charge in [0, 0.05) is 26.7 Å². The molecule has 0 aromatic rings. The Labute approximate surface area is 72.5 Å². The van der Waals surface area contributed by atoms with Gasteiger partial charge in [0.2, 0.25) is 0 Å². The number of methoxy groups -OCH3 is 1. The van der Waals surface area contributed by atoms with E-state index in [1.807, 2.05) is 0 Å². The largest absolute Gasteiger partial charge is 0.479 e. The Hall–Kier alpha value is -0.610. The van der Waals surface area contributed by atoms with Crippen LogP contribution in [-0.4, -0.2) is 37.0 Å². The Bertz CT molecular complexity index is 146. The first-order valence-corrected chi connectivity index (χ1v) is 3.93. The highest BCUT2D eigenvalue weighted by Gasteiger charge is 2.33. The molecule has 0 aromatic carbocycles. The molecule has 0 aromatic heterocycles. The highest BCUT2D eigenvalue weighted by molar-refractivity contribution is 5.76. The van der Waals surface area contributed by atoms with Crippen molar-refractivity contribution in [3.8, 4) is 0 Å². The summed E-state index contributed by atoms with van der Waals surface area (Å²) in [5, 5.41) is 8.81. The van der Waals surface area contributed by atoms with Crippen molar-refractivity contribution >= 4 is 5.97 Å². The zero-order valence-electron chi connectivity index (χ0n) is 7.79. The van der Waals surface area contributed by atoms with Crippen LogP contribution in [0.25, 0.3) is 0 Å². The molecular weight excluding hydrogens is 160 g/mol. The standard InChI is InChI=1S/C8H16O4/c1-4-12-8(2,7(9)10)5-6-11-3/h4-6H2,1-3H3,(H,9,10). The number of rotatable bonds is 6. The van der Waals surface area contributed by atoms with Crippen molar-refractivity contribution in [1.82, 2.24) is 0 Å². The molecule has 12 heavy (non-hydrogen) atoms. The number of hydrogen-bond acceptors (Lipinski definition) is 3. The van der Waals surface area contributed by atoms with E-state index in [1.54, 1.807) is 13.8 Å². The van der Waals surface area contributed by atoms with Gasteiger partial charge in [0.05, 0.1) is 0 Å². The van der Waals surface area contributed by atoms with Gasteiger partial charge in [-0.05, 0) is 13.8 Å². The van der Waals surface area contributed by atoms with Gasteiger partial charge in [0.15, 0.2) is 5.60 Å². The Morgan fingerprint density at radius 3 is 2.50 bits per heavy atom. The minimum absolute atomic E-state index is 0.368. The average molecular weight is 176 g/mol. The first-order valence-electron chi connectivity index (χ1n) is 3.93. The van der Waals surface area contributed by atoms with Gasteiger partial charge in [0.1, 0.15) is 0 Å². The first kappa shape index (κ1) is 11.4. The number of aliphatic carboxylic acids is 1. The summed E-state index contributed by atoms with van der Waals surface area (Å²) in [6, 6.07) is 0. The molecule has 1 atom stereocenters. The van der Waals surface area contributed by atoms with Crippen molar-refractivity contribution in [2.24, 2.45) is 0 Å². The van der Waals surface area contributed by atoms with E-state index in [0.717, 1.165) is 0 Å². The van der Waals surface area contributed by atoms with Crippen molar-refractivity contribution in [3.63, 3.8) is 0 Å². The van der Waals surface area contributed by atoms with E-state index in [0.29, 0.717) is 19.6 Å². The van der Waals surface area contributed by atoms with Crippen molar-refractivity contribution in [3.05, 3.63) is 0 Å². The molecule has 0 fully saturated rings. The van der Waals surface area contributed by atoms with Crippen LogP contribution in [0.4, 0.5) is 0 Å². The lowest BCUT2D eigenvalue weighted by molar-refractivity contribution is -0.165. The predicted octanol–water partition coefficient (Wildman–Crippen LogP) is 0.903. The highest BCUT2D eigenvalue weighted by atomic mass is 16.5. The molecular formula is C8H16O4. The van der Waals surface area contributed by atoms with Crippen molar-refractivity contribution in [2.75, 3.05) is 20.3 Å². The summed E-state index contributed by atoms with van der Waals surface area (Å²) in [6.45, 7) is 4.11. The van der Waals surface area contributed by atoms with E-state index < -0.39 is 11.6 Å². The minimum Gasteiger partial charge on any atom is -0.479 e. The topological polar surface area (TPSA) is 55.8 Å². The zero-order chi connectivity index (χ0) is 9.61. The summed E-state index contributed by atoms with van der Waals surface area (Å²) in [7, 11) is 1.54. The molecule has 0 aliphatic rings. The number of carbonyl (C=O) groups is 1. The SMILES string of the molecule is CCOC(C)(CCOC)C(=O)O. The molecule has 4 nitrogen and oxygen atoms in total. The summed E-state index contributed by atoms with van der Waals surface area (Å²) >= 11 is 0. The van der Waals surface area contributed by atoms with Gasteiger partial charge < -0.3 is 14.6 Å². The molecule has 0 aliphatic heterocycles. The molecule has 4 heteroatoms. The molecule has 0 saturated heterocycles. The smallest absolute Gasteiger partial charge is 0.335 e. The van der Waals surface area contributed by atoms with Gasteiger partial charge in [-0.2, -0.15) is 0 Å². The van der Waals surface area contributed by atoms with Gasteiger partial charge in [-0.25, -0.2) is 4.79 Å². The van der Waals surface area contributed by atoms with E-state index in [9.17, 15) is 4.79 Å². The Morgan fingerprint density at radius 1 is 1.58 bits per heavy atom. The van der Waals surface area contributed by atoms with Crippen molar-refractivity contribution in [1.29, 1.82) is 0 Å². The van der Waals surface area contributed by atoms with E-state index in [2.05, 4.69) is 0 Å². The number of carboxylic acid groups (broad SMARTS) is 1. The third-order valence-electron chi connectivity index (χ3n) is 1.70. The normalized spacial score (nSPS) is 15.6. The third kappa shape index (κ3) is 3.19. The zero-order valence-corrected chi connectivity index (χ0v) is 7.79. The molecule has 0 saturated carbocycles. The molecule has 0 rings (SSSR count). The van der Waals surface area contributed by atoms with Crippen LogP contribution in [0.1, 0.15) is 20.3 Å². The molecule has 1 unspecified atom stereocenters. The van der Waals surface area contributed by atoms with Crippen LogP contribution in [-0.2, 0) is 14.3 Å². The van der Waals surface area contributed by atoms with Gasteiger partial charge in [-0.1, -0.05) is 0 Å². The fourth-order valence-electron chi connectivity index (χ4n) is 0.856. The van der Waals surface area contributed by atoms with Crippen LogP contribution in [0.2, 0.25) is 0 Å². The quantitative estimate of drug-likeness (QED) is 0.653. The summed E-state index contributed by atoms with van der Waals surface area (Å²) in [6.07, 6.45) is 0.368. The number of carboxylic acids is 1.